The molecule has 0 radical (unpaired) electrons. The van der Waals surface area contributed by atoms with Gasteiger partial charge in [-0.05, 0) is 34.5 Å². The van der Waals surface area contributed by atoms with Crippen molar-refractivity contribution in [3.05, 3.63) is 42.0 Å². The van der Waals surface area contributed by atoms with Crippen molar-refractivity contribution in [2.45, 2.75) is 0 Å². The van der Waals surface area contributed by atoms with E-state index in [1.165, 1.54) is 6.21 Å². The topological polar surface area (TPSA) is 44.1 Å². The first-order chi connectivity index (χ1) is 6.29. The number of hydrogen-bond donors (Lipinski definition) is 2. The Balaban J connectivity index is 2.73. The first-order valence-electron chi connectivity index (χ1n) is 4.03. The minimum absolute atomic E-state index is 0.273. The van der Waals surface area contributed by atoms with Crippen molar-refractivity contribution in [3.63, 3.8) is 0 Å². The first-order valence-corrected chi connectivity index (χ1v) is 4.03. The van der Waals surface area contributed by atoms with Crippen LogP contribution in [0.5, 0.6) is 5.75 Å². The quantitative estimate of drug-likeness (QED) is 0.636. The van der Waals surface area contributed by atoms with E-state index in [4.69, 9.17) is 5.41 Å². The third-order valence-corrected chi connectivity index (χ3v) is 2.01. The maximum Gasteiger partial charge on any atom is 0.116 e. The summed E-state index contributed by atoms with van der Waals surface area (Å²) in [6.45, 7) is 0. The molecule has 2 nitrogen and oxygen atoms in total. The molecular formula is C11H9NO. The molecule has 13 heavy (non-hydrogen) atoms. The van der Waals surface area contributed by atoms with Crippen LogP contribution in [0.4, 0.5) is 0 Å². The molecule has 0 amide bonds. The summed E-state index contributed by atoms with van der Waals surface area (Å²) in [5.41, 5.74) is 0.873. The molecule has 0 atom stereocenters. The third kappa shape index (κ3) is 1.38. The number of phenolic OH excluding ortho intramolecular Hbond substituents is 1. The lowest BCUT2D eigenvalue weighted by Gasteiger charge is -1.99. The summed E-state index contributed by atoms with van der Waals surface area (Å²) in [6, 6.07) is 10.9. The minimum atomic E-state index is 0.273. The van der Waals surface area contributed by atoms with Gasteiger partial charge in [0, 0.05) is 6.21 Å². The van der Waals surface area contributed by atoms with Gasteiger partial charge in [-0.15, -0.1) is 0 Å². The van der Waals surface area contributed by atoms with Crippen LogP contribution in [-0.4, -0.2) is 11.3 Å². The molecule has 0 saturated heterocycles. The van der Waals surface area contributed by atoms with E-state index < -0.39 is 0 Å². The molecule has 2 aromatic rings. The minimum Gasteiger partial charge on any atom is -0.508 e. The SMILES string of the molecule is N=Cc1ccc2cc(O)ccc2c1. The van der Waals surface area contributed by atoms with Crippen LogP contribution in [0, 0.1) is 5.41 Å². The molecule has 2 rings (SSSR count). The van der Waals surface area contributed by atoms with Gasteiger partial charge in [0.05, 0.1) is 0 Å². The molecule has 0 spiro atoms. The molecule has 0 aliphatic carbocycles. The highest BCUT2D eigenvalue weighted by Crippen LogP contribution is 2.20. The average molecular weight is 171 g/mol. The number of fused-ring (bicyclic) bond motifs is 1. The summed E-state index contributed by atoms with van der Waals surface area (Å²) >= 11 is 0. The maximum atomic E-state index is 9.21. The molecule has 0 aliphatic rings. The van der Waals surface area contributed by atoms with Crippen LogP contribution in [0.2, 0.25) is 0 Å². The largest absolute Gasteiger partial charge is 0.508 e. The summed E-state index contributed by atoms with van der Waals surface area (Å²) < 4.78 is 0. The fourth-order valence-electron chi connectivity index (χ4n) is 1.34. The van der Waals surface area contributed by atoms with E-state index in [1.807, 2.05) is 24.3 Å². The van der Waals surface area contributed by atoms with Crippen LogP contribution >= 0.6 is 0 Å². The lowest BCUT2D eigenvalue weighted by atomic mass is 10.1. The van der Waals surface area contributed by atoms with E-state index in [2.05, 4.69) is 0 Å². The number of aromatic hydroxyl groups is 1. The fraction of sp³-hybridized carbons (Fsp3) is 0. The van der Waals surface area contributed by atoms with Gasteiger partial charge in [-0.25, -0.2) is 0 Å². The van der Waals surface area contributed by atoms with Crippen molar-refractivity contribution in [1.82, 2.24) is 0 Å². The molecule has 0 unspecified atom stereocenters. The molecule has 0 aliphatic heterocycles. The molecule has 0 saturated carbocycles. The Morgan fingerprint density at radius 1 is 1.00 bits per heavy atom. The monoisotopic (exact) mass is 171 g/mol. The molecule has 0 fully saturated rings. The molecular weight excluding hydrogens is 162 g/mol. The van der Waals surface area contributed by atoms with Gasteiger partial charge in [-0.3, -0.25) is 0 Å². The van der Waals surface area contributed by atoms with E-state index >= 15 is 0 Å². The van der Waals surface area contributed by atoms with Gasteiger partial charge >= 0.3 is 0 Å². The zero-order valence-corrected chi connectivity index (χ0v) is 6.99. The summed E-state index contributed by atoms with van der Waals surface area (Å²) in [6.07, 6.45) is 1.31. The maximum absolute atomic E-state index is 9.21. The van der Waals surface area contributed by atoms with Crippen LogP contribution in [0.3, 0.4) is 0 Å². The van der Waals surface area contributed by atoms with E-state index in [0.717, 1.165) is 16.3 Å². The van der Waals surface area contributed by atoms with E-state index in [0.29, 0.717) is 0 Å². The Morgan fingerprint density at radius 3 is 2.46 bits per heavy atom. The van der Waals surface area contributed by atoms with Gasteiger partial charge in [0.1, 0.15) is 5.75 Å². The number of nitrogens with one attached hydrogen (secondary N) is 1. The predicted molar refractivity (Wildman–Crippen MR) is 53.5 cm³/mol. The van der Waals surface area contributed by atoms with Crippen molar-refractivity contribution < 1.29 is 5.11 Å². The molecule has 0 bridgehead atoms. The lowest BCUT2D eigenvalue weighted by Crippen LogP contribution is -1.79. The van der Waals surface area contributed by atoms with Crippen molar-refractivity contribution in [2.75, 3.05) is 0 Å². The van der Waals surface area contributed by atoms with Gasteiger partial charge in [-0.2, -0.15) is 0 Å². The van der Waals surface area contributed by atoms with Crippen LogP contribution in [0.25, 0.3) is 10.8 Å². The third-order valence-electron chi connectivity index (χ3n) is 2.01. The van der Waals surface area contributed by atoms with Crippen molar-refractivity contribution >= 4 is 17.0 Å². The number of hydrogen-bond acceptors (Lipinski definition) is 2. The van der Waals surface area contributed by atoms with E-state index in [-0.39, 0.29) is 5.75 Å². The zero-order chi connectivity index (χ0) is 9.26. The molecule has 0 heterocycles. The number of phenols is 1. The Kier molecular flexibility index (Phi) is 1.74. The molecule has 2 N–H and O–H groups in total. The van der Waals surface area contributed by atoms with Gasteiger partial charge in [0.2, 0.25) is 0 Å². The second-order valence-electron chi connectivity index (χ2n) is 2.94. The van der Waals surface area contributed by atoms with Gasteiger partial charge in [0.15, 0.2) is 0 Å². The standard InChI is InChI=1S/C11H9NO/c12-7-8-1-2-10-6-11(13)4-3-9(10)5-8/h1-7,12-13H. The van der Waals surface area contributed by atoms with E-state index in [1.54, 1.807) is 12.1 Å². The Labute approximate surface area is 76.0 Å². The normalized spacial score (nSPS) is 10.2. The second kappa shape index (κ2) is 2.90. The highest BCUT2D eigenvalue weighted by molar-refractivity contribution is 5.90. The Morgan fingerprint density at radius 2 is 1.69 bits per heavy atom. The van der Waals surface area contributed by atoms with Gasteiger partial charge in [0.25, 0.3) is 0 Å². The highest BCUT2D eigenvalue weighted by atomic mass is 16.3. The van der Waals surface area contributed by atoms with Gasteiger partial charge in [-0.1, -0.05) is 18.2 Å². The summed E-state index contributed by atoms with van der Waals surface area (Å²) in [7, 11) is 0. The van der Waals surface area contributed by atoms with Gasteiger partial charge < -0.3 is 10.5 Å². The Bertz CT molecular complexity index is 463. The first kappa shape index (κ1) is 7.80. The summed E-state index contributed by atoms with van der Waals surface area (Å²) in [4.78, 5) is 0. The van der Waals surface area contributed by atoms with Crippen LogP contribution < -0.4 is 0 Å². The average Bonchev–Trinajstić information content (AvgIpc) is 2.17. The van der Waals surface area contributed by atoms with Crippen LogP contribution in [0.15, 0.2) is 36.4 Å². The second-order valence-corrected chi connectivity index (χ2v) is 2.94. The van der Waals surface area contributed by atoms with Crippen molar-refractivity contribution in [2.24, 2.45) is 0 Å². The predicted octanol–water partition coefficient (Wildman–Crippen LogP) is 2.54. The van der Waals surface area contributed by atoms with Crippen molar-refractivity contribution in [3.8, 4) is 5.75 Å². The van der Waals surface area contributed by atoms with Crippen LogP contribution in [-0.2, 0) is 0 Å². The highest BCUT2D eigenvalue weighted by Gasteiger charge is 1.95. The fourth-order valence-corrected chi connectivity index (χ4v) is 1.34. The number of benzene rings is 2. The zero-order valence-electron chi connectivity index (χ0n) is 6.99. The smallest absolute Gasteiger partial charge is 0.116 e. The van der Waals surface area contributed by atoms with Crippen molar-refractivity contribution in [1.29, 1.82) is 5.41 Å². The molecule has 2 heteroatoms. The van der Waals surface area contributed by atoms with E-state index in [9.17, 15) is 5.11 Å². The molecule has 64 valence electrons. The number of rotatable bonds is 1. The molecule has 0 aromatic heterocycles. The van der Waals surface area contributed by atoms with Crippen LogP contribution in [0.1, 0.15) is 5.56 Å². The summed E-state index contributed by atoms with van der Waals surface area (Å²) in [5, 5.41) is 18.3. The lowest BCUT2D eigenvalue weighted by molar-refractivity contribution is 0.476. The Hall–Kier alpha value is -1.83. The summed E-state index contributed by atoms with van der Waals surface area (Å²) in [5.74, 6) is 0.273. The molecule has 2 aromatic carbocycles.